The molecule has 0 radical (unpaired) electrons. The van der Waals surface area contributed by atoms with Gasteiger partial charge in [-0.15, -0.1) is 0 Å². The molecule has 0 aliphatic heterocycles. The zero-order valence-electron chi connectivity index (χ0n) is 11.2. The van der Waals surface area contributed by atoms with Crippen LogP contribution in [0.4, 0.5) is 0 Å². The number of rotatable bonds is 1. The Morgan fingerprint density at radius 2 is 1.06 bits per heavy atom. The van der Waals surface area contributed by atoms with Crippen molar-refractivity contribution in [3.63, 3.8) is 0 Å². The van der Waals surface area contributed by atoms with Crippen molar-refractivity contribution in [1.29, 1.82) is 0 Å². The smallest absolute Gasteiger partial charge is 0.226 e. The summed E-state index contributed by atoms with van der Waals surface area (Å²) in [6, 6.07) is 0. The fourth-order valence-electron chi connectivity index (χ4n) is 0.889. The molecule has 6 nitrogen and oxygen atoms in total. The Kier molecular flexibility index (Phi) is 12.5. The predicted octanol–water partition coefficient (Wildman–Crippen LogP) is 1.05. The van der Waals surface area contributed by atoms with Gasteiger partial charge in [0.05, 0.1) is 0 Å². The van der Waals surface area contributed by atoms with Crippen LogP contribution in [0.1, 0.15) is 42.0 Å². The highest BCUT2D eigenvalue weighted by atomic mass is 16.2. The van der Waals surface area contributed by atoms with Gasteiger partial charge < -0.3 is 0 Å². The molecule has 4 amide bonds. The topological polar surface area (TPSA) is 74.8 Å². The monoisotopic (exact) mass is 260 g/mol. The summed E-state index contributed by atoms with van der Waals surface area (Å²) in [6.07, 6.45) is 0. The van der Waals surface area contributed by atoms with Gasteiger partial charge in [0.15, 0.2) is 0 Å². The van der Waals surface area contributed by atoms with E-state index in [1.54, 1.807) is 6.92 Å². The summed E-state index contributed by atoms with van der Waals surface area (Å²) >= 11 is 0. The van der Waals surface area contributed by atoms with E-state index in [0.717, 1.165) is 4.90 Å². The third-order valence-corrected chi connectivity index (χ3v) is 2.02. The van der Waals surface area contributed by atoms with Crippen molar-refractivity contribution >= 4 is 23.6 Å². The van der Waals surface area contributed by atoms with Gasteiger partial charge in [0.1, 0.15) is 0 Å². The van der Waals surface area contributed by atoms with Crippen molar-refractivity contribution in [3.05, 3.63) is 0 Å². The van der Waals surface area contributed by atoms with Crippen LogP contribution in [0.25, 0.3) is 0 Å². The SMILES string of the molecule is C.CC(=O)N(C)C(C)=O.CCN(C(C)=O)C(C)=O. The fraction of sp³-hybridized carbons (Fsp3) is 0.667. The number of nitrogens with zero attached hydrogens (tertiary/aromatic N) is 2. The van der Waals surface area contributed by atoms with Gasteiger partial charge in [-0.3, -0.25) is 29.0 Å². The van der Waals surface area contributed by atoms with Gasteiger partial charge in [0, 0.05) is 41.3 Å². The largest absolute Gasteiger partial charge is 0.286 e. The Labute approximate surface area is 109 Å². The minimum atomic E-state index is -0.225. The first-order valence-electron chi connectivity index (χ1n) is 5.18. The average molecular weight is 260 g/mol. The third-order valence-electron chi connectivity index (χ3n) is 2.02. The molecule has 0 atom stereocenters. The zero-order chi connectivity index (χ0) is 14.2. The van der Waals surface area contributed by atoms with E-state index in [1.165, 1.54) is 39.6 Å². The van der Waals surface area contributed by atoms with Crippen LogP contribution < -0.4 is 0 Å². The van der Waals surface area contributed by atoms with Gasteiger partial charge in [-0.1, -0.05) is 7.43 Å². The lowest BCUT2D eigenvalue weighted by Gasteiger charge is -2.12. The number of amides is 4. The lowest BCUT2D eigenvalue weighted by atomic mass is 10.5. The lowest BCUT2D eigenvalue weighted by molar-refractivity contribution is -0.142. The number of imide groups is 2. The van der Waals surface area contributed by atoms with Crippen molar-refractivity contribution in [2.45, 2.75) is 42.0 Å². The summed E-state index contributed by atoms with van der Waals surface area (Å²) in [6.45, 7) is 7.69. The van der Waals surface area contributed by atoms with E-state index in [-0.39, 0.29) is 31.1 Å². The summed E-state index contributed by atoms with van der Waals surface area (Å²) < 4.78 is 0. The lowest BCUT2D eigenvalue weighted by Crippen LogP contribution is -2.32. The molecule has 0 spiro atoms. The molecule has 0 aromatic carbocycles. The number of hydrogen-bond donors (Lipinski definition) is 0. The zero-order valence-corrected chi connectivity index (χ0v) is 11.2. The quantitative estimate of drug-likeness (QED) is 0.706. The standard InChI is InChI=1S/C6H11NO2.C5H9NO2.CH4/c1-4-7(5(2)8)6(3)9;1-4(7)6(3)5(2)8;/h4H2,1-3H3;1-3H3;1H4. The first kappa shape index (κ1) is 21.6. The molecule has 0 saturated heterocycles. The Morgan fingerprint density at radius 1 is 0.778 bits per heavy atom. The molecule has 0 rings (SSSR count). The Morgan fingerprint density at radius 3 is 1.06 bits per heavy atom. The summed E-state index contributed by atoms with van der Waals surface area (Å²) in [5.41, 5.74) is 0. The summed E-state index contributed by atoms with van der Waals surface area (Å²) in [5.74, 6) is -0.829. The van der Waals surface area contributed by atoms with Crippen LogP contribution in [-0.4, -0.2) is 47.0 Å². The predicted molar refractivity (Wildman–Crippen MR) is 69.6 cm³/mol. The van der Waals surface area contributed by atoms with Gasteiger partial charge >= 0.3 is 0 Å². The van der Waals surface area contributed by atoms with Crippen LogP contribution in [0.2, 0.25) is 0 Å². The molecule has 0 aliphatic rings. The van der Waals surface area contributed by atoms with Crippen LogP contribution >= 0.6 is 0 Å². The van der Waals surface area contributed by atoms with E-state index in [1.807, 2.05) is 0 Å². The van der Waals surface area contributed by atoms with Gasteiger partial charge in [-0.05, 0) is 6.92 Å². The van der Waals surface area contributed by atoms with Crippen molar-refractivity contribution in [3.8, 4) is 0 Å². The highest BCUT2D eigenvalue weighted by molar-refractivity contribution is 5.93. The first-order valence-corrected chi connectivity index (χ1v) is 5.18. The third kappa shape index (κ3) is 9.50. The van der Waals surface area contributed by atoms with Crippen LogP contribution in [-0.2, 0) is 19.2 Å². The van der Waals surface area contributed by atoms with Gasteiger partial charge in [0.2, 0.25) is 23.6 Å². The highest BCUT2D eigenvalue weighted by Crippen LogP contribution is 1.87. The average Bonchev–Trinajstić information content (AvgIpc) is 2.16. The fourth-order valence-corrected chi connectivity index (χ4v) is 0.889. The molecule has 0 saturated carbocycles. The van der Waals surface area contributed by atoms with Gasteiger partial charge in [-0.2, -0.15) is 0 Å². The normalized spacial score (nSPS) is 8.11. The molecule has 106 valence electrons. The second kappa shape index (κ2) is 10.4. The Balaban J connectivity index is -0.000000238. The molecular formula is C12H24N2O4. The number of hydrogen-bond acceptors (Lipinski definition) is 4. The van der Waals surface area contributed by atoms with Crippen molar-refractivity contribution < 1.29 is 19.2 Å². The molecule has 6 heteroatoms. The number of carbonyl (C=O) groups excluding carboxylic acids is 4. The molecule has 0 aromatic rings. The maximum Gasteiger partial charge on any atom is 0.226 e. The van der Waals surface area contributed by atoms with Crippen molar-refractivity contribution in [2.75, 3.05) is 13.6 Å². The second-order valence-corrected chi connectivity index (χ2v) is 3.38. The van der Waals surface area contributed by atoms with Crippen molar-refractivity contribution in [1.82, 2.24) is 9.80 Å². The van der Waals surface area contributed by atoms with E-state index < -0.39 is 0 Å². The van der Waals surface area contributed by atoms with E-state index in [0.29, 0.717) is 6.54 Å². The summed E-state index contributed by atoms with van der Waals surface area (Å²) in [5, 5.41) is 0. The molecule has 0 heterocycles. The minimum Gasteiger partial charge on any atom is -0.286 e. The molecular weight excluding hydrogens is 236 g/mol. The number of carbonyl (C=O) groups is 4. The molecule has 0 aliphatic carbocycles. The minimum absolute atomic E-state index is 0. The molecule has 0 aromatic heterocycles. The van der Waals surface area contributed by atoms with E-state index in [9.17, 15) is 19.2 Å². The van der Waals surface area contributed by atoms with E-state index in [2.05, 4.69) is 0 Å². The van der Waals surface area contributed by atoms with Crippen LogP contribution in [0.5, 0.6) is 0 Å². The molecule has 0 unspecified atom stereocenters. The van der Waals surface area contributed by atoms with E-state index in [4.69, 9.17) is 0 Å². The van der Waals surface area contributed by atoms with Crippen LogP contribution in [0.15, 0.2) is 0 Å². The molecule has 0 fully saturated rings. The summed E-state index contributed by atoms with van der Waals surface area (Å²) in [4.78, 5) is 43.9. The first-order chi connectivity index (χ1) is 7.64. The Bertz CT molecular complexity index is 285. The summed E-state index contributed by atoms with van der Waals surface area (Å²) in [7, 11) is 1.45. The van der Waals surface area contributed by atoms with Crippen LogP contribution in [0.3, 0.4) is 0 Å². The van der Waals surface area contributed by atoms with Gasteiger partial charge in [0.25, 0.3) is 0 Å². The highest BCUT2D eigenvalue weighted by Gasteiger charge is 2.08. The van der Waals surface area contributed by atoms with Crippen LogP contribution in [0, 0.1) is 0 Å². The maximum atomic E-state index is 10.5. The molecule has 0 N–H and O–H groups in total. The maximum absolute atomic E-state index is 10.5. The molecule has 18 heavy (non-hydrogen) atoms. The second-order valence-electron chi connectivity index (χ2n) is 3.38. The van der Waals surface area contributed by atoms with Crippen molar-refractivity contribution in [2.24, 2.45) is 0 Å². The molecule has 0 bridgehead atoms. The Hall–Kier alpha value is -1.72. The van der Waals surface area contributed by atoms with Gasteiger partial charge in [-0.25, -0.2) is 0 Å². The van der Waals surface area contributed by atoms with E-state index >= 15 is 0 Å².